The summed E-state index contributed by atoms with van der Waals surface area (Å²) in [5, 5.41) is 2.86. The highest BCUT2D eigenvalue weighted by Gasteiger charge is 2.30. The molecule has 0 aliphatic carbocycles. The van der Waals surface area contributed by atoms with Crippen molar-refractivity contribution in [3.63, 3.8) is 0 Å². The Bertz CT molecular complexity index is 476. The summed E-state index contributed by atoms with van der Waals surface area (Å²) in [5.74, 6) is 1.54. The lowest BCUT2D eigenvalue weighted by Crippen LogP contribution is -2.39. The lowest BCUT2D eigenvalue weighted by molar-refractivity contribution is -0.119. The van der Waals surface area contributed by atoms with Gasteiger partial charge in [0.2, 0.25) is 5.91 Å². The number of benzene rings is 1. The maximum atomic E-state index is 11.0. The molecule has 1 aromatic carbocycles. The Hall–Kier alpha value is -1.58. The summed E-state index contributed by atoms with van der Waals surface area (Å²) in [6, 6.07) is 6.00. The van der Waals surface area contributed by atoms with Crippen LogP contribution in [0, 0.1) is 0 Å². The predicted octanol–water partition coefficient (Wildman–Crippen LogP) is -0.598. The zero-order valence-electron chi connectivity index (χ0n) is 11.2. The molecule has 4 nitrogen and oxygen atoms in total. The van der Waals surface area contributed by atoms with Crippen LogP contribution in [0.25, 0.3) is 0 Å². The maximum absolute atomic E-state index is 11.0. The average Bonchev–Trinajstić information content (AvgIpc) is 2.49. The summed E-state index contributed by atoms with van der Waals surface area (Å²) < 4.78 is 11.3. The van der Waals surface area contributed by atoms with E-state index in [9.17, 15) is 4.79 Å². The first-order valence-corrected chi connectivity index (χ1v) is 6.14. The van der Waals surface area contributed by atoms with E-state index >= 15 is 0 Å². The Labute approximate surface area is 109 Å². The minimum absolute atomic E-state index is 0.00984. The summed E-state index contributed by atoms with van der Waals surface area (Å²) in [4.78, 5) is 11.0. The first-order chi connectivity index (χ1) is 8.35. The van der Waals surface area contributed by atoms with Gasteiger partial charge in [0.05, 0.1) is 0 Å². The third-order valence-electron chi connectivity index (χ3n) is 2.71. The zero-order chi connectivity index (χ0) is 13.3. The van der Waals surface area contributed by atoms with Crippen molar-refractivity contribution < 1.29 is 14.3 Å². The molecule has 0 bridgehead atoms. The number of ether oxygens (including phenoxy) is 2. The summed E-state index contributed by atoms with van der Waals surface area (Å²) in [6.45, 7) is 3.51. The molecule has 18 heavy (non-hydrogen) atoms. The number of hydrogen-bond donors (Lipinski definition) is 1. The lowest BCUT2D eigenvalue weighted by atomic mass is 9.76. The van der Waals surface area contributed by atoms with Gasteiger partial charge in [0, 0.05) is 13.0 Å². The van der Waals surface area contributed by atoms with Gasteiger partial charge >= 0.3 is 0 Å². The monoisotopic (exact) mass is 245 g/mol. The van der Waals surface area contributed by atoms with E-state index in [1.54, 1.807) is 0 Å². The van der Waals surface area contributed by atoms with Gasteiger partial charge in [0.25, 0.3) is 0 Å². The van der Waals surface area contributed by atoms with E-state index in [1.165, 1.54) is 6.92 Å². The van der Waals surface area contributed by atoms with Crippen LogP contribution in [0.2, 0.25) is 0 Å². The molecule has 1 N–H and O–H groups in total. The summed E-state index contributed by atoms with van der Waals surface area (Å²) in [7, 11) is 3.76. The van der Waals surface area contributed by atoms with E-state index < -0.39 is 5.59 Å². The number of nitrogens with one attached hydrogen (secondary N) is 1. The minimum atomic E-state index is -0.593. The molecule has 0 fully saturated rings. The van der Waals surface area contributed by atoms with Crippen LogP contribution in [-0.2, 0) is 11.2 Å². The summed E-state index contributed by atoms with van der Waals surface area (Å²) in [5.41, 5.74) is 0.529. The number of amides is 1. The Morgan fingerprint density at radius 3 is 2.72 bits per heavy atom. The normalized spacial score (nSPS) is 17.2. The fraction of sp³-hybridized carbons (Fsp3) is 0.417. The van der Waals surface area contributed by atoms with Gasteiger partial charge in [-0.25, -0.2) is 0 Å². The molecule has 0 aromatic heterocycles. The SMILES string of the molecule is BC1(B)Oc2ccc(C[C@H](C)NC(C)=O)cc2O1. The van der Waals surface area contributed by atoms with Crippen LogP contribution < -0.4 is 14.8 Å². The average molecular weight is 245 g/mol. The molecule has 1 aliphatic rings. The van der Waals surface area contributed by atoms with Gasteiger partial charge in [-0.3, -0.25) is 4.79 Å². The highest BCUT2D eigenvalue weighted by atomic mass is 16.7. The molecule has 0 unspecified atom stereocenters. The second-order valence-electron chi connectivity index (χ2n) is 5.19. The molecular formula is C12H17B2NO3. The maximum Gasteiger partial charge on any atom is 0.217 e. The molecule has 1 aliphatic heterocycles. The summed E-state index contributed by atoms with van der Waals surface area (Å²) >= 11 is 0. The topological polar surface area (TPSA) is 47.6 Å². The van der Waals surface area contributed by atoms with Gasteiger partial charge in [-0.15, -0.1) is 0 Å². The summed E-state index contributed by atoms with van der Waals surface area (Å²) in [6.07, 6.45) is 0.774. The van der Waals surface area contributed by atoms with Crippen molar-refractivity contribution >= 4 is 21.6 Å². The molecule has 94 valence electrons. The van der Waals surface area contributed by atoms with E-state index in [0.717, 1.165) is 23.5 Å². The zero-order valence-corrected chi connectivity index (χ0v) is 11.2. The van der Waals surface area contributed by atoms with Gasteiger partial charge in [0.1, 0.15) is 0 Å². The number of carbonyl (C=O) groups excluding carboxylic acids is 1. The number of carbonyl (C=O) groups is 1. The van der Waals surface area contributed by atoms with Crippen LogP contribution in [0.1, 0.15) is 19.4 Å². The van der Waals surface area contributed by atoms with Crippen LogP contribution in [-0.4, -0.2) is 33.2 Å². The van der Waals surface area contributed by atoms with Crippen molar-refractivity contribution in [2.75, 3.05) is 0 Å². The van der Waals surface area contributed by atoms with Crippen LogP contribution >= 0.6 is 0 Å². The standard InChI is InChI=1S/C12H17B2NO3/c1-7(15-8(2)16)5-9-3-4-10-11(6-9)18-12(13,14)17-10/h3-4,6-7H,5,13-14H2,1-2H3,(H,15,16)/t7-/m0/s1. The Morgan fingerprint density at radius 2 is 2.06 bits per heavy atom. The first-order valence-electron chi connectivity index (χ1n) is 6.14. The largest absolute Gasteiger partial charge is 0.467 e. The van der Waals surface area contributed by atoms with Crippen LogP contribution in [0.3, 0.4) is 0 Å². The van der Waals surface area contributed by atoms with E-state index in [1.807, 2.05) is 40.8 Å². The van der Waals surface area contributed by atoms with Gasteiger partial charge in [-0.1, -0.05) is 6.07 Å². The van der Waals surface area contributed by atoms with Crippen LogP contribution in [0.15, 0.2) is 18.2 Å². The molecule has 1 heterocycles. The van der Waals surface area contributed by atoms with E-state index in [2.05, 4.69) is 5.32 Å². The van der Waals surface area contributed by atoms with Crippen molar-refractivity contribution in [3.05, 3.63) is 23.8 Å². The van der Waals surface area contributed by atoms with Gasteiger partial charge in [-0.2, -0.15) is 0 Å². The van der Waals surface area contributed by atoms with E-state index in [0.29, 0.717) is 0 Å². The van der Waals surface area contributed by atoms with Gasteiger partial charge in [0.15, 0.2) is 32.8 Å². The Balaban J connectivity index is 2.07. The molecule has 6 heteroatoms. The lowest BCUT2D eigenvalue weighted by Gasteiger charge is -2.17. The van der Waals surface area contributed by atoms with Crippen molar-refractivity contribution in [1.29, 1.82) is 0 Å². The number of fused-ring (bicyclic) bond motifs is 1. The van der Waals surface area contributed by atoms with E-state index in [-0.39, 0.29) is 11.9 Å². The van der Waals surface area contributed by atoms with Crippen molar-refractivity contribution in [2.24, 2.45) is 0 Å². The van der Waals surface area contributed by atoms with Crippen LogP contribution in [0.4, 0.5) is 0 Å². The van der Waals surface area contributed by atoms with Crippen molar-refractivity contribution in [2.45, 2.75) is 31.9 Å². The quantitative estimate of drug-likeness (QED) is 0.723. The molecular weight excluding hydrogens is 228 g/mol. The van der Waals surface area contributed by atoms with Crippen molar-refractivity contribution in [1.82, 2.24) is 5.32 Å². The Morgan fingerprint density at radius 1 is 1.39 bits per heavy atom. The first kappa shape index (κ1) is 12.9. The molecule has 1 amide bonds. The Kier molecular flexibility index (Phi) is 3.28. The highest BCUT2D eigenvalue weighted by Crippen LogP contribution is 2.37. The number of hydrogen-bond acceptors (Lipinski definition) is 3. The fourth-order valence-electron chi connectivity index (χ4n) is 2.15. The molecule has 2 rings (SSSR count). The molecule has 0 radical (unpaired) electrons. The molecule has 1 aromatic rings. The molecule has 0 saturated carbocycles. The minimum Gasteiger partial charge on any atom is -0.467 e. The van der Waals surface area contributed by atoms with Gasteiger partial charge < -0.3 is 14.8 Å². The molecule has 0 spiro atoms. The smallest absolute Gasteiger partial charge is 0.217 e. The fourth-order valence-corrected chi connectivity index (χ4v) is 2.15. The van der Waals surface area contributed by atoms with Crippen molar-refractivity contribution in [3.8, 4) is 11.5 Å². The van der Waals surface area contributed by atoms with Crippen LogP contribution in [0.5, 0.6) is 11.5 Å². The third kappa shape index (κ3) is 3.00. The highest BCUT2D eigenvalue weighted by molar-refractivity contribution is 6.38. The molecule has 1 atom stereocenters. The third-order valence-corrected chi connectivity index (χ3v) is 2.71. The molecule has 0 saturated heterocycles. The predicted molar refractivity (Wildman–Crippen MR) is 74.5 cm³/mol. The second kappa shape index (κ2) is 4.59. The van der Waals surface area contributed by atoms with Gasteiger partial charge in [-0.05, 0) is 31.0 Å². The second-order valence-corrected chi connectivity index (χ2v) is 5.19. The number of rotatable bonds is 3. The van der Waals surface area contributed by atoms with E-state index in [4.69, 9.17) is 9.47 Å².